The van der Waals surface area contributed by atoms with E-state index in [1.165, 1.54) is 29.8 Å². The van der Waals surface area contributed by atoms with Gasteiger partial charge in [0.25, 0.3) is 0 Å². The van der Waals surface area contributed by atoms with Crippen molar-refractivity contribution >= 4 is 0 Å². The molecule has 2 aliphatic rings. The number of hydrogen-bond donors (Lipinski definition) is 1. The van der Waals surface area contributed by atoms with Crippen LogP contribution in [0.3, 0.4) is 0 Å². The summed E-state index contributed by atoms with van der Waals surface area (Å²) >= 11 is 0. The van der Waals surface area contributed by atoms with Gasteiger partial charge < -0.3 is 5.11 Å². The van der Waals surface area contributed by atoms with Crippen molar-refractivity contribution < 1.29 is 5.11 Å². The normalized spacial score (nSPS) is 26.4. The number of hydrogen-bond acceptors (Lipinski definition) is 2. The van der Waals surface area contributed by atoms with Crippen LogP contribution in [0.25, 0.3) is 0 Å². The summed E-state index contributed by atoms with van der Waals surface area (Å²) in [6, 6.07) is 19.7. The monoisotopic (exact) mass is 321 g/mol. The number of aliphatic hydroxyl groups is 1. The van der Waals surface area contributed by atoms with Crippen molar-refractivity contribution in [3.63, 3.8) is 0 Å². The predicted octanol–water partition coefficient (Wildman–Crippen LogP) is 3.80. The highest BCUT2D eigenvalue weighted by Gasteiger charge is 2.55. The minimum Gasteiger partial charge on any atom is -0.395 e. The molecule has 3 atom stereocenters. The van der Waals surface area contributed by atoms with E-state index in [2.05, 4.69) is 73.3 Å². The Hall–Kier alpha value is -1.64. The molecule has 0 amide bonds. The molecule has 4 rings (SSSR count). The lowest BCUT2D eigenvalue weighted by Crippen LogP contribution is -2.24. The third kappa shape index (κ3) is 2.89. The Morgan fingerprint density at radius 2 is 1.71 bits per heavy atom. The van der Waals surface area contributed by atoms with Gasteiger partial charge in [-0.2, -0.15) is 0 Å². The van der Waals surface area contributed by atoms with E-state index in [9.17, 15) is 5.11 Å². The van der Waals surface area contributed by atoms with Crippen LogP contribution in [0, 0.1) is 11.8 Å². The van der Waals surface area contributed by atoms with E-state index < -0.39 is 0 Å². The molecule has 0 radical (unpaired) electrons. The van der Waals surface area contributed by atoms with Crippen molar-refractivity contribution in [2.45, 2.75) is 31.7 Å². The van der Waals surface area contributed by atoms with Gasteiger partial charge in [0.15, 0.2) is 0 Å². The quantitative estimate of drug-likeness (QED) is 0.905. The van der Waals surface area contributed by atoms with Crippen molar-refractivity contribution in [2.24, 2.45) is 11.8 Å². The predicted molar refractivity (Wildman–Crippen MR) is 98.0 cm³/mol. The average Bonchev–Trinajstić information content (AvgIpc) is 3.11. The molecule has 2 aromatic rings. The second-order valence-electron chi connectivity index (χ2n) is 8.20. The van der Waals surface area contributed by atoms with E-state index in [0.29, 0.717) is 0 Å². The molecular formula is C22H27NO. The van der Waals surface area contributed by atoms with Gasteiger partial charge in [0.05, 0.1) is 6.61 Å². The number of piperidine rings is 1. The maximum atomic E-state index is 9.62. The summed E-state index contributed by atoms with van der Waals surface area (Å²) in [5.74, 6) is 2.37. The molecule has 0 bridgehead atoms. The van der Waals surface area contributed by atoms with Gasteiger partial charge in [-0.05, 0) is 34.4 Å². The number of rotatable bonds is 5. The molecule has 1 heterocycles. The zero-order valence-electron chi connectivity index (χ0n) is 14.7. The summed E-state index contributed by atoms with van der Waals surface area (Å²) in [6.07, 6.45) is 0. The molecule has 126 valence electrons. The van der Waals surface area contributed by atoms with Crippen LogP contribution >= 0.6 is 0 Å². The first-order valence-corrected chi connectivity index (χ1v) is 9.06. The van der Waals surface area contributed by atoms with Crippen molar-refractivity contribution in [1.29, 1.82) is 0 Å². The molecular weight excluding hydrogens is 294 g/mol. The van der Waals surface area contributed by atoms with Gasteiger partial charge >= 0.3 is 0 Å². The molecule has 0 spiro atoms. The zero-order valence-corrected chi connectivity index (χ0v) is 14.7. The third-order valence-electron chi connectivity index (χ3n) is 5.97. The van der Waals surface area contributed by atoms with Crippen LogP contribution in [0.5, 0.6) is 0 Å². The van der Waals surface area contributed by atoms with Crippen LogP contribution < -0.4 is 0 Å². The fourth-order valence-electron chi connectivity index (χ4n) is 4.34. The maximum absolute atomic E-state index is 9.62. The molecule has 1 saturated heterocycles. The molecule has 24 heavy (non-hydrogen) atoms. The maximum Gasteiger partial charge on any atom is 0.0522 e. The minimum absolute atomic E-state index is 0.153. The molecule has 2 aromatic carbocycles. The van der Waals surface area contributed by atoms with E-state index in [1.807, 2.05) is 0 Å². The van der Waals surface area contributed by atoms with Crippen molar-refractivity contribution in [3.05, 3.63) is 71.3 Å². The molecule has 0 unspecified atom stereocenters. The summed E-state index contributed by atoms with van der Waals surface area (Å²) in [5, 5.41) is 9.62. The fraction of sp³-hybridized carbons (Fsp3) is 0.455. The zero-order chi connectivity index (χ0) is 16.7. The largest absolute Gasteiger partial charge is 0.395 e. The number of nitrogens with zero attached hydrogens (tertiary/aromatic N) is 1. The number of aliphatic hydroxyl groups excluding tert-OH is 1. The van der Waals surface area contributed by atoms with Gasteiger partial charge in [0.1, 0.15) is 0 Å². The highest BCUT2D eigenvalue weighted by atomic mass is 16.3. The second-order valence-corrected chi connectivity index (χ2v) is 8.20. The summed E-state index contributed by atoms with van der Waals surface area (Å²) in [5.41, 5.74) is 4.00. The minimum atomic E-state index is -0.153. The van der Waals surface area contributed by atoms with Gasteiger partial charge in [-0.3, -0.25) is 4.90 Å². The van der Waals surface area contributed by atoms with Crippen LogP contribution in [0.15, 0.2) is 54.6 Å². The molecule has 2 nitrogen and oxygen atoms in total. The Morgan fingerprint density at radius 3 is 2.38 bits per heavy atom. The van der Waals surface area contributed by atoms with Crippen LogP contribution in [0.4, 0.5) is 0 Å². The lowest BCUT2D eigenvalue weighted by molar-refractivity contribution is 0.218. The van der Waals surface area contributed by atoms with Crippen molar-refractivity contribution in [1.82, 2.24) is 4.90 Å². The van der Waals surface area contributed by atoms with Gasteiger partial charge in [0.2, 0.25) is 0 Å². The Morgan fingerprint density at radius 1 is 1.00 bits per heavy atom. The van der Waals surface area contributed by atoms with Crippen molar-refractivity contribution in [3.8, 4) is 0 Å². The first-order chi connectivity index (χ1) is 11.6. The summed E-state index contributed by atoms with van der Waals surface area (Å²) in [6.45, 7) is 7.94. The van der Waals surface area contributed by atoms with Gasteiger partial charge in [0, 0.05) is 25.0 Å². The van der Waals surface area contributed by atoms with Crippen LogP contribution in [-0.2, 0) is 12.0 Å². The first kappa shape index (κ1) is 15.9. The van der Waals surface area contributed by atoms with E-state index >= 15 is 0 Å². The lowest BCUT2D eigenvalue weighted by Gasteiger charge is -2.24. The molecule has 1 aliphatic heterocycles. The summed E-state index contributed by atoms with van der Waals surface area (Å²) in [7, 11) is 0. The molecule has 1 aliphatic carbocycles. The fourth-order valence-corrected chi connectivity index (χ4v) is 4.34. The third-order valence-corrected chi connectivity index (χ3v) is 5.97. The number of benzene rings is 2. The Balaban J connectivity index is 1.41. The lowest BCUT2D eigenvalue weighted by atomic mass is 9.84. The van der Waals surface area contributed by atoms with Gasteiger partial charge in [-0.15, -0.1) is 0 Å². The van der Waals surface area contributed by atoms with Crippen LogP contribution in [-0.4, -0.2) is 29.7 Å². The molecule has 1 saturated carbocycles. The topological polar surface area (TPSA) is 23.5 Å². The molecule has 2 heteroatoms. The molecule has 0 aromatic heterocycles. The average molecular weight is 321 g/mol. The smallest absolute Gasteiger partial charge is 0.0522 e. The molecule has 1 N–H and O–H groups in total. The van der Waals surface area contributed by atoms with E-state index in [4.69, 9.17) is 0 Å². The van der Waals surface area contributed by atoms with Gasteiger partial charge in [-0.25, -0.2) is 0 Å². The van der Waals surface area contributed by atoms with Crippen LogP contribution in [0.1, 0.15) is 36.5 Å². The van der Waals surface area contributed by atoms with Crippen LogP contribution in [0.2, 0.25) is 0 Å². The SMILES string of the molecule is CC(C)(CO)c1cccc([C@@H]2[C@@H]3CN(Cc4ccccc4)C[C@@H]32)c1. The van der Waals surface area contributed by atoms with E-state index in [-0.39, 0.29) is 12.0 Å². The first-order valence-electron chi connectivity index (χ1n) is 9.06. The second kappa shape index (κ2) is 6.02. The number of likely N-dealkylation sites (tertiary alicyclic amines) is 1. The summed E-state index contributed by atoms with van der Waals surface area (Å²) in [4.78, 5) is 2.60. The van der Waals surface area contributed by atoms with Crippen molar-refractivity contribution in [2.75, 3.05) is 19.7 Å². The Kier molecular flexibility index (Phi) is 3.98. The number of fused-ring (bicyclic) bond motifs is 1. The Labute approximate surface area is 145 Å². The molecule has 2 fully saturated rings. The summed E-state index contributed by atoms with van der Waals surface area (Å²) < 4.78 is 0. The highest BCUT2D eigenvalue weighted by Crippen LogP contribution is 2.58. The highest BCUT2D eigenvalue weighted by molar-refractivity contribution is 5.36. The van der Waals surface area contributed by atoms with E-state index in [1.54, 1.807) is 0 Å². The Bertz CT molecular complexity index is 697. The standard InChI is InChI=1S/C22H27NO/c1-22(2,15-24)18-10-6-9-17(11-18)21-19-13-23(14-20(19)21)12-16-7-4-3-5-8-16/h3-11,19-21,24H,12-15H2,1-2H3/t19-,20+,21-. The van der Waals surface area contributed by atoms with Gasteiger partial charge in [-0.1, -0.05) is 68.4 Å². The van der Waals surface area contributed by atoms with E-state index in [0.717, 1.165) is 24.3 Å².